The first kappa shape index (κ1) is 12.1. The van der Waals surface area contributed by atoms with Crippen LogP contribution in [0.2, 0.25) is 0 Å². The normalized spacial score (nSPS) is 19.5. The molecule has 2 rings (SSSR count). The molecule has 1 aromatic rings. The Labute approximate surface area is 104 Å². The molecule has 1 aromatic heterocycles. The molecule has 0 radical (unpaired) electrons. The molecule has 1 aliphatic heterocycles. The summed E-state index contributed by atoms with van der Waals surface area (Å²) in [5.41, 5.74) is 11.2. The highest BCUT2D eigenvalue weighted by Crippen LogP contribution is 2.30. The van der Waals surface area contributed by atoms with Crippen molar-refractivity contribution in [3.8, 4) is 0 Å². The molecule has 94 valence electrons. The SMILES string of the molecule is CN(CC1CCCO1)c1snc(N)c1C(N)=O. The Morgan fingerprint density at radius 3 is 3.06 bits per heavy atom. The molecule has 0 spiro atoms. The molecule has 0 bridgehead atoms. The Morgan fingerprint density at radius 2 is 2.47 bits per heavy atom. The summed E-state index contributed by atoms with van der Waals surface area (Å²) in [5.74, 6) is -0.331. The summed E-state index contributed by atoms with van der Waals surface area (Å²) in [6.07, 6.45) is 2.35. The number of amides is 1. The fraction of sp³-hybridized carbons (Fsp3) is 0.600. The summed E-state index contributed by atoms with van der Waals surface area (Å²) in [6.45, 7) is 1.54. The number of carbonyl (C=O) groups excluding carboxylic acids is 1. The molecular formula is C10H16N4O2S. The lowest BCUT2D eigenvalue weighted by Gasteiger charge is -2.21. The first-order valence-corrected chi connectivity index (χ1v) is 6.24. The first-order valence-electron chi connectivity index (χ1n) is 5.47. The number of nitrogens with two attached hydrogens (primary N) is 2. The van der Waals surface area contributed by atoms with Crippen LogP contribution in [0.5, 0.6) is 0 Å². The van der Waals surface area contributed by atoms with Crippen molar-refractivity contribution in [2.45, 2.75) is 18.9 Å². The molecule has 1 amide bonds. The van der Waals surface area contributed by atoms with Gasteiger partial charge in [0.25, 0.3) is 5.91 Å². The van der Waals surface area contributed by atoms with Gasteiger partial charge in [0.15, 0.2) is 5.82 Å². The van der Waals surface area contributed by atoms with Gasteiger partial charge in [0.2, 0.25) is 0 Å². The highest BCUT2D eigenvalue weighted by atomic mass is 32.1. The Hall–Kier alpha value is -1.34. The molecule has 1 unspecified atom stereocenters. The van der Waals surface area contributed by atoms with Crippen LogP contribution in [0.15, 0.2) is 0 Å². The molecule has 4 N–H and O–H groups in total. The number of primary amides is 1. The molecule has 1 fully saturated rings. The van der Waals surface area contributed by atoms with Gasteiger partial charge in [-0.05, 0) is 24.4 Å². The zero-order valence-corrected chi connectivity index (χ0v) is 10.5. The van der Waals surface area contributed by atoms with Crippen molar-refractivity contribution in [3.05, 3.63) is 5.56 Å². The van der Waals surface area contributed by atoms with Gasteiger partial charge in [0.1, 0.15) is 10.6 Å². The maximum atomic E-state index is 11.3. The molecular weight excluding hydrogens is 240 g/mol. The van der Waals surface area contributed by atoms with E-state index in [-0.39, 0.29) is 11.9 Å². The van der Waals surface area contributed by atoms with Crippen LogP contribution in [0.4, 0.5) is 10.8 Å². The fourth-order valence-corrected chi connectivity index (χ4v) is 2.75. The minimum atomic E-state index is -0.537. The molecule has 6 nitrogen and oxygen atoms in total. The van der Waals surface area contributed by atoms with Gasteiger partial charge < -0.3 is 21.1 Å². The van der Waals surface area contributed by atoms with Crippen LogP contribution in [0.25, 0.3) is 0 Å². The quantitative estimate of drug-likeness (QED) is 0.815. The predicted octanol–water partition coefficient (Wildman–Crippen LogP) is 0.439. The van der Waals surface area contributed by atoms with Gasteiger partial charge in [0.05, 0.1) is 6.10 Å². The van der Waals surface area contributed by atoms with Gasteiger partial charge in [-0.2, -0.15) is 4.37 Å². The van der Waals surface area contributed by atoms with E-state index in [2.05, 4.69) is 4.37 Å². The average Bonchev–Trinajstić information content (AvgIpc) is 2.86. The van der Waals surface area contributed by atoms with Crippen LogP contribution in [0.3, 0.4) is 0 Å². The number of nitrogens with zero attached hydrogens (tertiary/aromatic N) is 2. The molecule has 2 heterocycles. The lowest BCUT2D eigenvalue weighted by Crippen LogP contribution is -2.29. The minimum Gasteiger partial charge on any atom is -0.382 e. The van der Waals surface area contributed by atoms with Gasteiger partial charge in [-0.25, -0.2) is 0 Å². The topological polar surface area (TPSA) is 94.5 Å². The van der Waals surface area contributed by atoms with Crippen LogP contribution in [0, 0.1) is 0 Å². The van der Waals surface area contributed by atoms with E-state index in [1.807, 2.05) is 11.9 Å². The monoisotopic (exact) mass is 256 g/mol. The highest BCUT2D eigenvalue weighted by molar-refractivity contribution is 7.11. The third-order valence-electron chi connectivity index (χ3n) is 2.80. The van der Waals surface area contributed by atoms with E-state index in [9.17, 15) is 4.79 Å². The zero-order chi connectivity index (χ0) is 12.4. The van der Waals surface area contributed by atoms with Gasteiger partial charge in [-0.15, -0.1) is 0 Å². The number of rotatable bonds is 4. The average molecular weight is 256 g/mol. The number of hydrogen-bond acceptors (Lipinski definition) is 6. The molecule has 7 heteroatoms. The van der Waals surface area contributed by atoms with Crippen LogP contribution in [0.1, 0.15) is 23.2 Å². The van der Waals surface area contributed by atoms with Crippen molar-refractivity contribution in [2.75, 3.05) is 30.8 Å². The van der Waals surface area contributed by atoms with E-state index in [0.29, 0.717) is 10.6 Å². The Kier molecular flexibility index (Phi) is 3.49. The Morgan fingerprint density at radius 1 is 1.71 bits per heavy atom. The third-order valence-corrected chi connectivity index (χ3v) is 3.77. The van der Waals surface area contributed by atoms with Crippen molar-refractivity contribution >= 4 is 28.3 Å². The summed E-state index contributed by atoms with van der Waals surface area (Å²) in [7, 11) is 1.89. The Bertz CT molecular complexity index is 414. The summed E-state index contributed by atoms with van der Waals surface area (Å²) in [6, 6.07) is 0. The second-order valence-electron chi connectivity index (χ2n) is 4.13. The van der Waals surface area contributed by atoms with Gasteiger partial charge in [-0.3, -0.25) is 4.79 Å². The predicted molar refractivity (Wildman–Crippen MR) is 67.3 cm³/mol. The lowest BCUT2D eigenvalue weighted by atomic mass is 10.2. The number of carbonyl (C=O) groups is 1. The number of ether oxygens (including phenoxy) is 1. The van der Waals surface area contributed by atoms with Gasteiger partial charge in [-0.1, -0.05) is 0 Å². The van der Waals surface area contributed by atoms with E-state index < -0.39 is 5.91 Å². The standard InChI is InChI=1S/C10H16N4O2S/c1-14(5-6-3-2-4-16-6)10-7(9(12)15)8(11)13-17-10/h6H,2-5H2,1H3,(H2,11,13)(H2,12,15). The van der Waals surface area contributed by atoms with Crippen molar-refractivity contribution in [1.82, 2.24) is 4.37 Å². The van der Waals surface area contributed by atoms with Crippen molar-refractivity contribution in [3.63, 3.8) is 0 Å². The molecule has 17 heavy (non-hydrogen) atoms. The van der Waals surface area contributed by atoms with Crippen molar-refractivity contribution < 1.29 is 9.53 Å². The second kappa shape index (κ2) is 4.89. The first-order chi connectivity index (χ1) is 8.09. The third kappa shape index (κ3) is 2.50. The number of anilines is 2. The molecule has 0 aliphatic carbocycles. The second-order valence-corrected chi connectivity index (χ2v) is 4.88. The summed E-state index contributed by atoms with van der Waals surface area (Å²) < 4.78 is 9.52. The number of likely N-dealkylation sites (N-methyl/N-ethyl adjacent to an activating group) is 1. The molecule has 0 saturated carbocycles. The molecule has 0 aromatic carbocycles. The minimum absolute atomic E-state index is 0.205. The van der Waals surface area contributed by atoms with E-state index in [1.54, 1.807) is 0 Å². The maximum absolute atomic E-state index is 11.3. The zero-order valence-electron chi connectivity index (χ0n) is 9.68. The fourth-order valence-electron chi connectivity index (χ4n) is 1.96. The van der Waals surface area contributed by atoms with Crippen molar-refractivity contribution in [2.24, 2.45) is 5.73 Å². The van der Waals surface area contributed by atoms with Crippen LogP contribution < -0.4 is 16.4 Å². The van der Waals surface area contributed by atoms with Gasteiger partial charge >= 0.3 is 0 Å². The maximum Gasteiger partial charge on any atom is 0.255 e. The van der Waals surface area contributed by atoms with Crippen LogP contribution in [-0.2, 0) is 4.74 Å². The van der Waals surface area contributed by atoms with E-state index >= 15 is 0 Å². The molecule has 1 saturated heterocycles. The van der Waals surface area contributed by atoms with Crippen LogP contribution >= 0.6 is 11.5 Å². The summed E-state index contributed by atoms with van der Waals surface area (Å²) in [5, 5.41) is 0.713. The number of hydrogen-bond donors (Lipinski definition) is 2. The molecule has 1 aliphatic rings. The van der Waals surface area contributed by atoms with Crippen LogP contribution in [-0.4, -0.2) is 36.6 Å². The van der Waals surface area contributed by atoms with Crippen molar-refractivity contribution in [1.29, 1.82) is 0 Å². The highest BCUT2D eigenvalue weighted by Gasteiger charge is 2.23. The largest absolute Gasteiger partial charge is 0.382 e. The van der Waals surface area contributed by atoms with E-state index in [1.165, 1.54) is 11.5 Å². The van der Waals surface area contributed by atoms with E-state index in [0.717, 1.165) is 26.0 Å². The van der Waals surface area contributed by atoms with E-state index in [4.69, 9.17) is 16.2 Å². The number of aromatic nitrogens is 1. The number of nitrogen functional groups attached to an aromatic ring is 1. The summed E-state index contributed by atoms with van der Waals surface area (Å²) >= 11 is 1.19. The molecule has 1 atom stereocenters. The van der Waals surface area contributed by atoms with Gasteiger partial charge in [0, 0.05) is 20.2 Å². The smallest absolute Gasteiger partial charge is 0.255 e. The lowest BCUT2D eigenvalue weighted by molar-refractivity contribution is 0.100. The summed E-state index contributed by atoms with van der Waals surface area (Å²) in [4.78, 5) is 13.2. The Balaban J connectivity index is 2.12.